The third-order valence-corrected chi connectivity index (χ3v) is 17.6. The molecule has 0 aromatic heterocycles. The largest absolute Gasteiger partial charge is 0.472 e. The molecular weight excluding hydrogens is 1280 g/mol. The van der Waals surface area contributed by atoms with E-state index in [2.05, 4.69) is 137 Å². The van der Waals surface area contributed by atoms with Crippen LogP contribution in [0.5, 0.6) is 0 Å². The highest BCUT2D eigenvalue weighted by Gasteiger charge is 2.30. The van der Waals surface area contributed by atoms with Crippen LogP contribution >= 0.6 is 15.6 Å². The van der Waals surface area contributed by atoms with Crippen LogP contribution in [0.2, 0.25) is 0 Å². The SMILES string of the molecule is CC/C=C\C/C=C\C/C=C\C/C=C\CCCCC(=O)OCC(COP(=O)(O)OCC(O)COP(=O)(O)OCC(COC(=O)CCCCCCC/C=C\C/C=C\CCCCC)OC(=O)CCCCCCC/C=C\C/C=C\CCC)OC(=O)CCCCCCC/C=C\CCCCCCCC. The number of esters is 4. The van der Waals surface area contributed by atoms with Gasteiger partial charge in [-0.3, -0.25) is 37.3 Å². The van der Waals surface area contributed by atoms with Crippen molar-refractivity contribution in [3.05, 3.63) is 109 Å². The number of rotatable bonds is 71. The average Bonchev–Trinajstić information content (AvgIpc) is 1.04. The number of unbranched alkanes of at least 4 members (excludes halogenated alkanes) is 27. The Balaban J connectivity index is 5.40. The minimum atomic E-state index is -4.99. The van der Waals surface area contributed by atoms with Gasteiger partial charge < -0.3 is 33.8 Å². The molecule has 3 N–H and O–H groups in total. The summed E-state index contributed by atoms with van der Waals surface area (Å²) in [6.07, 6.45) is 75.1. The molecule has 0 aliphatic carbocycles. The Hall–Kier alpha value is -4.28. The van der Waals surface area contributed by atoms with Crippen molar-refractivity contribution in [2.75, 3.05) is 39.6 Å². The van der Waals surface area contributed by atoms with Crippen LogP contribution in [-0.4, -0.2) is 96.7 Å². The summed E-state index contributed by atoms with van der Waals surface area (Å²) in [5.41, 5.74) is 0. The Morgan fingerprint density at radius 3 is 0.908 bits per heavy atom. The van der Waals surface area contributed by atoms with E-state index in [0.29, 0.717) is 25.7 Å². The van der Waals surface area contributed by atoms with Crippen molar-refractivity contribution in [2.24, 2.45) is 0 Å². The Labute approximate surface area is 594 Å². The average molecular weight is 1420 g/mol. The van der Waals surface area contributed by atoms with Crippen molar-refractivity contribution in [1.82, 2.24) is 0 Å². The molecule has 0 radical (unpaired) electrons. The van der Waals surface area contributed by atoms with E-state index in [0.717, 1.165) is 173 Å². The minimum Gasteiger partial charge on any atom is -0.462 e. The van der Waals surface area contributed by atoms with E-state index in [9.17, 15) is 43.2 Å². The van der Waals surface area contributed by atoms with Gasteiger partial charge in [-0.05, 0) is 148 Å². The summed E-state index contributed by atoms with van der Waals surface area (Å²) < 4.78 is 68.4. The van der Waals surface area contributed by atoms with Gasteiger partial charge in [0, 0.05) is 25.7 Å². The van der Waals surface area contributed by atoms with Gasteiger partial charge >= 0.3 is 39.5 Å². The summed E-state index contributed by atoms with van der Waals surface area (Å²) in [4.78, 5) is 72.8. The van der Waals surface area contributed by atoms with Crippen molar-refractivity contribution >= 4 is 39.5 Å². The monoisotopic (exact) mass is 1420 g/mol. The van der Waals surface area contributed by atoms with Crippen molar-refractivity contribution in [3.8, 4) is 0 Å². The smallest absolute Gasteiger partial charge is 0.462 e. The predicted octanol–water partition coefficient (Wildman–Crippen LogP) is 21.8. The van der Waals surface area contributed by atoms with Crippen molar-refractivity contribution in [3.63, 3.8) is 0 Å². The molecule has 0 heterocycles. The lowest BCUT2D eigenvalue weighted by Gasteiger charge is -2.21. The maximum atomic E-state index is 13.1. The summed E-state index contributed by atoms with van der Waals surface area (Å²) >= 11 is 0. The van der Waals surface area contributed by atoms with E-state index in [1.807, 2.05) is 0 Å². The normalized spacial score (nSPS) is 14.6. The Morgan fingerprint density at radius 1 is 0.296 bits per heavy atom. The molecule has 0 bridgehead atoms. The zero-order valence-corrected chi connectivity index (χ0v) is 63.2. The fourth-order valence-electron chi connectivity index (χ4n) is 9.86. The second-order valence-electron chi connectivity index (χ2n) is 25.2. The number of carbonyl (C=O) groups is 4. The quantitative estimate of drug-likeness (QED) is 0.0169. The standard InChI is InChI=1S/C79H136O17P2/c1-5-9-13-17-21-25-29-33-36-40-43-47-51-55-59-63-76(81)89-69-74(95-78(83)65-61-57-53-49-45-39-32-28-24-20-16-12-8-4)71-93-97(85,86)91-67-73(80)68-92-98(87,88)94-72-75(96-79(84)66-62-58-54-50-46-42-38-35-31-27-23-19-15-11-7-3)70-90-77(82)64-60-56-52-48-44-41-37-34-30-26-22-18-14-10-6-2/h10,14,16,20-22,25-26,28,32-38,44,48,73-75,80H,5-9,11-13,15,17-19,23-24,27,29-31,39-43,45-47,49-72H2,1-4H3,(H,85,86)(H,87,88)/b14-10-,20-16-,25-21-,26-22-,32-28-,36-33-,37-34-,38-35-,48-44-. The molecule has 0 aromatic rings. The van der Waals surface area contributed by atoms with Gasteiger partial charge in [0.2, 0.25) is 0 Å². The molecule has 0 rings (SSSR count). The predicted molar refractivity (Wildman–Crippen MR) is 399 cm³/mol. The molecule has 17 nitrogen and oxygen atoms in total. The molecular formula is C79H136O17P2. The molecule has 0 aromatic carbocycles. The molecule has 0 fully saturated rings. The number of aliphatic hydroxyl groups is 1. The molecule has 5 atom stereocenters. The maximum absolute atomic E-state index is 13.1. The van der Waals surface area contributed by atoms with Crippen molar-refractivity contribution in [1.29, 1.82) is 0 Å². The number of allylic oxidation sites excluding steroid dienone is 18. The van der Waals surface area contributed by atoms with Gasteiger partial charge in [-0.1, -0.05) is 246 Å². The lowest BCUT2D eigenvalue weighted by atomic mass is 10.1. The summed E-state index contributed by atoms with van der Waals surface area (Å²) in [5, 5.41) is 10.6. The molecule has 0 saturated heterocycles. The zero-order valence-electron chi connectivity index (χ0n) is 61.4. The van der Waals surface area contributed by atoms with Crippen LogP contribution in [-0.2, 0) is 65.4 Å². The summed E-state index contributed by atoms with van der Waals surface area (Å²) in [6.45, 7) is 4.58. The molecule has 564 valence electrons. The highest BCUT2D eigenvalue weighted by atomic mass is 31.2. The molecule has 0 aliphatic rings. The van der Waals surface area contributed by atoms with Gasteiger partial charge in [-0.25, -0.2) is 9.13 Å². The number of phosphoric acid groups is 2. The van der Waals surface area contributed by atoms with E-state index in [1.54, 1.807) is 0 Å². The van der Waals surface area contributed by atoms with Crippen LogP contribution in [0.1, 0.15) is 310 Å². The first-order chi connectivity index (χ1) is 47.7. The maximum Gasteiger partial charge on any atom is 0.472 e. The Morgan fingerprint density at radius 2 is 0.551 bits per heavy atom. The van der Waals surface area contributed by atoms with E-state index >= 15 is 0 Å². The lowest BCUT2D eigenvalue weighted by molar-refractivity contribution is -0.161. The number of ether oxygens (including phenoxy) is 4. The van der Waals surface area contributed by atoms with Crippen LogP contribution in [0.15, 0.2) is 109 Å². The van der Waals surface area contributed by atoms with Gasteiger partial charge in [-0.15, -0.1) is 0 Å². The van der Waals surface area contributed by atoms with Gasteiger partial charge in [0.05, 0.1) is 26.4 Å². The topological polar surface area (TPSA) is 237 Å². The number of hydrogen-bond acceptors (Lipinski definition) is 15. The van der Waals surface area contributed by atoms with Gasteiger partial charge in [0.15, 0.2) is 12.2 Å². The van der Waals surface area contributed by atoms with Crippen molar-refractivity contribution < 1.29 is 80.2 Å². The van der Waals surface area contributed by atoms with E-state index < -0.39 is 97.5 Å². The summed E-state index contributed by atoms with van der Waals surface area (Å²) in [7, 11) is -9.97. The first-order valence-electron chi connectivity index (χ1n) is 38.1. The molecule has 5 unspecified atom stereocenters. The number of phosphoric ester groups is 2. The fourth-order valence-corrected chi connectivity index (χ4v) is 11.4. The zero-order chi connectivity index (χ0) is 71.8. The van der Waals surface area contributed by atoms with Crippen LogP contribution in [0.25, 0.3) is 0 Å². The minimum absolute atomic E-state index is 0.0737. The Kier molecular flexibility index (Phi) is 68.0. The lowest BCUT2D eigenvalue weighted by Crippen LogP contribution is -2.30. The highest BCUT2D eigenvalue weighted by Crippen LogP contribution is 2.45. The molecule has 98 heavy (non-hydrogen) atoms. The second kappa shape index (κ2) is 71.1. The molecule has 0 spiro atoms. The second-order valence-corrected chi connectivity index (χ2v) is 28.1. The summed E-state index contributed by atoms with van der Waals surface area (Å²) in [5.74, 6) is -2.26. The van der Waals surface area contributed by atoms with Crippen LogP contribution in [0.4, 0.5) is 0 Å². The molecule has 0 saturated carbocycles. The third kappa shape index (κ3) is 70.2. The van der Waals surface area contributed by atoms with Gasteiger partial charge in [0.1, 0.15) is 19.3 Å². The summed E-state index contributed by atoms with van der Waals surface area (Å²) in [6, 6.07) is 0. The highest BCUT2D eigenvalue weighted by molar-refractivity contribution is 7.47. The van der Waals surface area contributed by atoms with E-state index in [1.165, 1.54) is 57.8 Å². The van der Waals surface area contributed by atoms with Crippen LogP contribution in [0.3, 0.4) is 0 Å². The van der Waals surface area contributed by atoms with Gasteiger partial charge in [0.25, 0.3) is 0 Å². The van der Waals surface area contributed by atoms with Crippen LogP contribution < -0.4 is 0 Å². The fraction of sp³-hybridized carbons (Fsp3) is 0.722. The van der Waals surface area contributed by atoms with E-state index in [-0.39, 0.29) is 25.7 Å². The van der Waals surface area contributed by atoms with Gasteiger partial charge in [-0.2, -0.15) is 0 Å². The number of hydrogen-bond donors (Lipinski definition) is 3. The molecule has 19 heteroatoms. The number of aliphatic hydroxyl groups excluding tert-OH is 1. The Bertz CT molecular complexity index is 2290. The third-order valence-electron chi connectivity index (χ3n) is 15.7. The molecule has 0 amide bonds. The van der Waals surface area contributed by atoms with E-state index in [4.69, 9.17) is 37.0 Å². The van der Waals surface area contributed by atoms with Crippen molar-refractivity contribution in [2.45, 2.75) is 329 Å². The first-order valence-corrected chi connectivity index (χ1v) is 41.1. The van der Waals surface area contributed by atoms with Crippen LogP contribution in [0, 0.1) is 0 Å². The first kappa shape index (κ1) is 93.7. The number of carbonyl (C=O) groups excluding carboxylic acids is 4. The molecule has 0 aliphatic heterocycles.